The molecule has 2 aromatic carbocycles. The lowest BCUT2D eigenvalue weighted by atomic mass is 10.1. The number of hydrogen-bond donors (Lipinski definition) is 0. The largest absolute Gasteiger partial charge is 0.312 e. The van der Waals surface area contributed by atoms with Crippen molar-refractivity contribution >= 4 is 22.4 Å². The van der Waals surface area contributed by atoms with Gasteiger partial charge < -0.3 is 4.90 Å². The Morgan fingerprint density at radius 3 is 2.00 bits per heavy atom. The first-order valence-electron chi connectivity index (χ1n) is 4.85. The zero-order chi connectivity index (χ0) is 11.3. The number of halogens is 1. The summed E-state index contributed by atoms with van der Waals surface area (Å²) in [6.45, 7) is 0. The zero-order valence-corrected chi connectivity index (χ0v) is 10.1. The van der Waals surface area contributed by atoms with Crippen molar-refractivity contribution in [3.8, 4) is 0 Å². The SMILES string of the molecule is CN(C)C.Clc1cccc2ccccc12. The van der Waals surface area contributed by atoms with Crippen LogP contribution < -0.4 is 0 Å². The van der Waals surface area contributed by atoms with Crippen molar-refractivity contribution in [1.29, 1.82) is 0 Å². The molecule has 80 valence electrons. The highest BCUT2D eigenvalue weighted by atomic mass is 35.5. The van der Waals surface area contributed by atoms with Crippen molar-refractivity contribution in [2.24, 2.45) is 0 Å². The van der Waals surface area contributed by atoms with Gasteiger partial charge in [-0.05, 0) is 32.6 Å². The van der Waals surface area contributed by atoms with Gasteiger partial charge in [0.05, 0.1) is 0 Å². The van der Waals surface area contributed by atoms with E-state index in [1.54, 1.807) is 0 Å². The number of nitrogens with zero attached hydrogens (tertiary/aromatic N) is 1. The highest BCUT2D eigenvalue weighted by molar-refractivity contribution is 6.35. The molecule has 0 saturated carbocycles. The lowest BCUT2D eigenvalue weighted by Crippen LogP contribution is -1.99. The van der Waals surface area contributed by atoms with Crippen LogP contribution in [0.5, 0.6) is 0 Å². The third-order valence-corrected chi connectivity index (χ3v) is 2.07. The minimum absolute atomic E-state index is 0.822. The fourth-order valence-electron chi connectivity index (χ4n) is 1.19. The van der Waals surface area contributed by atoms with E-state index < -0.39 is 0 Å². The van der Waals surface area contributed by atoms with Gasteiger partial charge >= 0.3 is 0 Å². The molecule has 0 aliphatic carbocycles. The van der Waals surface area contributed by atoms with Crippen LogP contribution >= 0.6 is 11.6 Å². The van der Waals surface area contributed by atoms with Gasteiger partial charge in [-0.15, -0.1) is 0 Å². The van der Waals surface area contributed by atoms with E-state index in [-0.39, 0.29) is 0 Å². The fourth-order valence-corrected chi connectivity index (χ4v) is 1.43. The van der Waals surface area contributed by atoms with E-state index in [0.717, 1.165) is 10.4 Å². The van der Waals surface area contributed by atoms with Crippen LogP contribution in [0.3, 0.4) is 0 Å². The second-order valence-electron chi connectivity index (χ2n) is 3.80. The quantitative estimate of drug-likeness (QED) is 0.656. The van der Waals surface area contributed by atoms with Crippen LogP contribution in [0.2, 0.25) is 5.02 Å². The Bertz CT molecular complexity index is 416. The minimum Gasteiger partial charge on any atom is -0.312 e. The summed E-state index contributed by atoms with van der Waals surface area (Å²) in [4.78, 5) is 2.00. The molecule has 1 nitrogen and oxygen atoms in total. The van der Waals surface area contributed by atoms with E-state index in [1.165, 1.54) is 5.39 Å². The van der Waals surface area contributed by atoms with Gasteiger partial charge in [-0.2, -0.15) is 0 Å². The fraction of sp³-hybridized carbons (Fsp3) is 0.231. The zero-order valence-electron chi connectivity index (χ0n) is 9.37. The van der Waals surface area contributed by atoms with E-state index in [1.807, 2.05) is 56.4 Å². The lowest BCUT2D eigenvalue weighted by molar-refractivity contribution is 0.505. The molecule has 0 N–H and O–H groups in total. The summed E-state index contributed by atoms with van der Waals surface area (Å²) < 4.78 is 0. The number of rotatable bonds is 0. The van der Waals surface area contributed by atoms with Gasteiger partial charge in [0.15, 0.2) is 0 Å². The third-order valence-electron chi connectivity index (χ3n) is 1.74. The summed E-state index contributed by atoms with van der Waals surface area (Å²) in [5.74, 6) is 0. The maximum atomic E-state index is 5.96. The molecule has 0 spiro atoms. The van der Waals surface area contributed by atoms with E-state index in [2.05, 4.69) is 12.1 Å². The molecular formula is C13H16ClN. The molecule has 0 aromatic heterocycles. The van der Waals surface area contributed by atoms with Gasteiger partial charge in [-0.1, -0.05) is 48.0 Å². The van der Waals surface area contributed by atoms with Crippen molar-refractivity contribution in [3.63, 3.8) is 0 Å². The molecule has 0 bridgehead atoms. The van der Waals surface area contributed by atoms with Crippen LogP contribution in [-0.4, -0.2) is 26.0 Å². The Morgan fingerprint density at radius 2 is 1.40 bits per heavy atom. The van der Waals surface area contributed by atoms with Crippen molar-refractivity contribution in [1.82, 2.24) is 4.90 Å². The van der Waals surface area contributed by atoms with Crippen molar-refractivity contribution in [3.05, 3.63) is 47.5 Å². The van der Waals surface area contributed by atoms with Crippen molar-refractivity contribution in [2.45, 2.75) is 0 Å². The van der Waals surface area contributed by atoms with Crippen LogP contribution in [0.25, 0.3) is 10.8 Å². The molecule has 15 heavy (non-hydrogen) atoms. The van der Waals surface area contributed by atoms with E-state index in [0.29, 0.717) is 0 Å². The Hall–Kier alpha value is -1.05. The average molecular weight is 222 g/mol. The van der Waals surface area contributed by atoms with Gasteiger partial charge in [0.2, 0.25) is 0 Å². The Morgan fingerprint density at radius 1 is 0.867 bits per heavy atom. The standard InChI is InChI=1S/C10H7Cl.C3H9N/c11-10-7-3-5-8-4-1-2-6-9(8)10;1-4(2)3/h1-7H;1-3H3. The predicted octanol–water partition coefficient (Wildman–Crippen LogP) is 3.67. The molecule has 0 aliphatic heterocycles. The Kier molecular flexibility index (Phi) is 4.60. The second-order valence-corrected chi connectivity index (χ2v) is 4.21. The normalized spacial score (nSPS) is 9.93. The van der Waals surface area contributed by atoms with Gasteiger partial charge in [0.1, 0.15) is 0 Å². The molecule has 0 saturated heterocycles. The first kappa shape index (κ1) is 12.0. The smallest absolute Gasteiger partial charge is 0.0484 e. The monoisotopic (exact) mass is 221 g/mol. The molecule has 0 atom stereocenters. The summed E-state index contributed by atoms with van der Waals surface area (Å²) in [7, 11) is 6.00. The topological polar surface area (TPSA) is 3.24 Å². The first-order chi connectivity index (χ1) is 7.11. The van der Waals surface area contributed by atoms with Crippen molar-refractivity contribution < 1.29 is 0 Å². The maximum absolute atomic E-state index is 5.96. The summed E-state index contributed by atoms with van der Waals surface area (Å²) in [5, 5.41) is 3.14. The molecule has 0 radical (unpaired) electrons. The second kappa shape index (κ2) is 5.74. The highest BCUT2D eigenvalue weighted by Gasteiger charge is 1.93. The maximum Gasteiger partial charge on any atom is 0.0484 e. The summed E-state index contributed by atoms with van der Waals surface area (Å²) in [5.41, 5.74) is 0. The molecule has 0 fully saturated rings. The summed E-state index contributed by atoms with van der Waals surface area (Å²) in [6.07, 6.45) is 0. The molecule has 0 heterocycles. The number of fused-ring (bicyclic) bond motifs is 1. The van der Waals surface area contributed by atoms with Crippen LogP contribution in [0.1, 0.15) is 0 Å². The van der Waals surface area contributed by atoms with E-state index in [9.17, 15) is 0 Å². The van der Waals surface area contributed by atoms with E-state index in [4.69, 9.17) is 11.6 Å². The van der Waals surface area contributed by atoms with Crippen LogP contribution in [0, 0.1) is 0 Å². The first-order valence-corrected chi connectivity index (χ1v) is 5.23. The van der Waals surface area contributed by atoms with Gasteiger partial charge in [0, 0.05) is 10.4 Å². The average Bonchev–Trinajstić information content (AvgIpc) is 2.18. The summed E-state index contributed by atoms with van der Waals surface area (Å²) >= 11 is 5.96. The molecule has 2 heteroatoms. The van der Waals surface area contributed by atoms with Crippen LogP contribution in [0.4, 0.5) is 0 Å². The molecule has 0 amide bonds. The van der Waals surface area contributed by atoms with Crippen LogP contribution in [0.15, 0.2) is 42.5 Å². The molecule has 2 rings (SSSR count). The summed E-state index contributed by atoms with van der Waals surface area (Å²) in [6, 6.07) is 14.0. The third kappa shape index (κ3) is 3.90. The molecular weight excluding hydrogens is 206 g/mol. The molecule has 0 aliphatic rings. The predicted molar refractivity (Wildman–Crippen MR) is 68.6 cm³/mol. The molecule has 2 aromatic rings. The number of benzene rings is 2. The number of hydrogen-bond acceptors (Lipinski definition) is 1. The Labute approximate surface area is 96.3 Å². The van der Waals surface area contributed by atoms with Gasteiger partial charge in [-0.25, -0.2) is 0 Å². The molecule has 0 unspecified atom stereocenters. The Balaban J connectivity index is 0.000000245. The van der Waals surface area contributed by atoms with Crippen molar-refractivity contribution in [2.75, 3.05) is 21.1 Å². The van der Waals surface area contributed by atoms with E-state index >= 15 is 0 Å². The van der Waals surface area contributed by atoms with Gasteiger partial charge in [-0.3, -0.25) is 0 Å². The van der Waals surface area contributed by atoms with Crippen LogP contribution in [-0.2, 0) is 0 Å². The highest BCUT2D eigenvalue weighted by Crippen LogP contribution is 2.21. The minimum atomic E-state index is 0.822. The van der Waals surface area contributed by atoms with Gasteiger partial charge in [0.25, 0.3) is 0 Å². The lowest BCUT2D eigenvalue weighted by Gasteiger charge is -1.97.